The van der Waals surface area contributed by atoms with Crippen LogP contribution in [0.5, 0.6) is 0 Å². The molecule has 0 saturated heterocycles. The largest absolute Gasteiger partial charge is 0.349 e. The van der Waals surface area contributed by atoms with Crippen LogP contribution in [0.4, 0.5) is 0 Å². The molecule has 5 heteroatoms. The number of amides is 1. The molecule has 84 valence electrons. The van der Waals surface area contributed by atoms with Gasteiger partial charge in [-0.1, -0.05) is 27.7 Å². The standard InChI is InChI=1S/C10H18N4O/c1-7(10(2,3)4)5-11-9(15)8-12-6-13-14-8/h6-7H,5H2,1-4H3,(H,11,15)(H,12,13,14). The highest BCUT2D eigenvalue weighted by Crippen LogP contribution is 2.24. The maximum Gasteiger partial charge on any atom is 0.288 e. The lowest BCUT2D eigenvalue weighted by Gasteiger charge is -2.27. The Bertz CT molecular complexity index is 313. The summed E-state index contributed by atoms with van der Waals surface area (Å²) in [4.78, 5) is 15.3. The van der Waals surface area contributed by atoms with E-state index in [2.05, 4.69) is 48.2 Å². The topological polar surface area (TPSA) is 70.7 Å². The van der Waals surface area contributed by atoms with Crippen LogP contribution in [0.25, 0.3) is 0 Å². The second kappa shape index (κ2) is 4.42. The minimum absolute atomic E-state index is 0.189. The SMILES string of the molecule is CC(CNC(=O)c1ncn[nH]1)C(C)(C)C. The first-order valence-corrected chi connectivity index (χ1v) is 5.05. The van der Waals surface area contributed by atoms with Crippen LogP contribution in [0.15, 0.2) is 6.33 Å². The van der Waals surface area contributed by atoms with Gasteiger partial charge in [-0.15, -0.1) is 0 Å². The summed E-state index contributed by atoms with van der Waals surface area (Å²) in [6, 6.07) is 0. The predicted molar refractivity (Wildman–Crippen MR) is 57.3 cm³/mol. The Morgan fingerprint density at radius 2 is 2.27 bits per heavy atom. The van der Waals surface area contributed by atoms with Crippen molar-refractivity contribution in [3.05, 3.63) is 12.2 Å². The first-order valence-electron chi connectivity index (χ1n) is 5.05. The van der Waals surface area contributed by atoms with Crippen LogP contribution >= 0.6 is 0 Å². The third kappa shape index (κ3) is 3.34. The molecule has 0 aliphatic rings. The van der Waals surface area contributed by atoms with Gasteiger partial charge in [0.05, 0.1) is 0 Å². The van der Waals surface area contributed by atoms with E-state index < -0.39 is 0 Å². The highest BCUT2D eigenvalue weighted by Gasteiger charge is 2.20. The zero-order chi connectivity index (χ0) is 11.5. The zero-order valence-corrected chi connectivity index (χ0v) is 9.66. The Balaban J connectivity index is 2.42. The van der Waals surface area contributed by atoms with Gasteiger partial charge in [-0.2, -0.15) is 5.10 Å². The molecule has 1 aromatic rings. The fourth-order valence-electron chi connectivity index (χ4n) is 0.951. The number of aromatic amines is 1. The van der Waals surface area contributed by atoms with E-state index in [1.807, 2.05) is 0 Å². The molecular weight excluding hydrogens is 192 g/mol. The van der Waals surface area contributed by atoms with E-state index in [9.17, 15) is 4.79 Å². The van der Waals surface area contributed by atoms with Crippen molar-refractivity contribution in [3.8, 4) is 0 Å². The number of nitrogens with one attached hydrogen (secondary N) is 2. The molecule has 0 aromatic carbocycles. The molecule has 0 bridgehead atoms. The van der Waals surface area contributed by atoms with Gasteiger partial charge in [-0.05, 0) is 11.3 Å². The number of hydrogen-bond donors (Lipinski definition) is 2. The third-order valence-corrected chi connectivity index (χ3v) is 2.68. The first-order chi connectivity index (χ1) is 6.91. The lowest BCUT2D eigenvalue weighted by molar-refractivity contribution is 0.0927. The second-order valence-electron chi connectivity index (χ2n) is 4.81. The predicted octanol–water partition coefficient (Wildman–Crippen LogP) is 1.22. The summed E-state index contributed by atoms with van der Waals surface area (Å²) in [6.45, 7) is 9.21. The average molecular weight is 210 g/mol. The molecule has 15 heavy (non-hydrogen) atoms. The minimum Gasteiger partial charge on any atom is -0.349 e. The molecule has 1 rings (SSSR count). The van der Waals surface area contributed by atoms with E-state index in [0.717, 1.165) is 0 Å². The van der Waals surface area contributed by atoms with Crippen LogP contribution in [-0.4, -0.2) is 27.6 Å². The molecule has 0 radical (unpaired) electrons. The van der Waals surface area contributed by atoms with Crippen LogP contribution < -0.4 is 5.32 Å². The first kappa shape index (κ1) is 11.7. The lowest BCUT2D eigenvalue weighted by Crippen LogP contribution is -2.34. The summed E-state index contributed by atoms with van der Waals surface area (Å²) in [5.74, 6) is 0.462. The number of H-pyrrole nitrogens is 1. The van der Waals surface area contributed by atoms with Crippen molar-refractivity contribution in [2.45, 2.75) is 27.7 Å². The summed E-state index contributed by atoms with van der Waals surface area (Å²) in [7, 11) is 0. The molecule has 0 spiro atoms. The van der Waals surface area contributed by atoms with Gasteiger partial charge in [0.1, 0.15) is 6.33 Å². The molecular formula is C10H18N4O. The normalized spacial score (nSPS) is 13.6. The molecule has 1 atom stereocenters. The zero-order valence-electron chi connectivity index (χ0n) is 9.66. The summed E-state index contributed by atoms with van der Waals surface area (Å²) < 4.78 is 0. The van der Waals surface area contributed by atoms with Crippen molar-refractivity contribution in [1.82, 2.24) is 20.5 Å². The van der Waals surface area contributed by atoms with Crippen LogP contribution in [-0.2, 0) is 0 Å². The number of rotatable bonds is 3. The van der Waals surface area contributed by atoms with E-state index in [1.54, 1.807) is 0 Å². The Kier molecular flexibility index (Phi) is 3.44. The smallest absolute Gasteiger partial charge is 0.288 e. The van der Waals surface area contributed by atoms with E-state index in [1.165, 1.54) is 6.33 Å². The quantitative estimate of drug-likeness (QED) is 0.788. The highest BCUT2D eigenvalue weighted by molar-refractivity contribution is 5.90. The van der Waals surface area contributed by atoms with Crippen molar-refractivity contribution in [2.75, 3.05) is 6.54 Å². The Hall–Kier alpha value is -1.39. The monoisotopic (exact) mass is 210 g/mol. The van der Waals surface area contributed by atoms with Gasteiger partial charge in [0.2, 0.25) is 5.82 Å². The second-order valence-corrected chi connectivity index (χ2v) is 4.81. The molecule has 0 fully saturated rings. The lowest BCUT2D eigenvalue weighted by atomic mass is 9.82. The summed E-state index contributed by atoms with van der Waals surface area (Å²) >= 11 is 0. The Labute approximate surface area is 89.7 Å². The number of carbonyl (C=O) groups excluding carboxylic acids is 1. The Morgan fingerprint density at radius 1 is 1.60 bits per heavy atom. The van der Waals surface area contributed by atoms with E-state index in [0.29, 0.717) is 12.5 Å². The number of aromatic nitrogens is 3. The van der Waals surface area contributed by atoms with Gasteiger partial charge >= 0.3 is 0 Å². The summed E-state index contributed by atoms with van der Waals surface area (Å²) in [5.41, 5.74) is 0.189. The molecule has 0 aliphatic heterocycles. The van der Waals surface area contributed by atoms with Crippen molar-refractivity contribution < 1.29 is 4.79 Å². The van der Waals surface area contributed by atoms with E-state index >= 15 is 0 Å². The van der Waals surface area contributed by atoms with Crippen molar-refractivity contribution in [1.29, 1.82) is 0 Å². The summed E-state index contributed by atoms with van der Waals surface area (Å²) in [5, 5.41) is 8.97. The van der Waals surface area contributed by atoms with E-state index in [-0.39, 0.29) is 17.1 Å². The van der Waals surface area contributed by atoms with Crippen LogP contribution in [0.3, 0.4) is 0 Å². The van der Waals surface area contributed by atoms with E-state index in [4.69, 9.17) is 0 Å². The molecule has 0 aliphatic carbocycles. The third-order valence-electron chi connectivity index (χ3n) is 2.68. The molecule has 1 aromatic heterocycles. The number of carbonyl (C=O) groups is 1. The maximum absolute atomic E-state index is 11.5. The van der Waals surface area contributed by atoms with Crippen molar-refractivity contribution in [3.63, 3.8) is 0 Å². The fourth-order valence-corrected chi connectivity index (χ4v) is 0.951. The van der Waals surface area contributed by atoms with Crippen LogP contribution in [0.2, 0.25) is 0 Å². The number of hydrogen-bond acceptors (Lipinski definition) is 3. The molecule has 1 unspecified atom stereocenters. The van der Waals surface area contributed by atoms with Crippen LogP contribution in [0, 0.1) is 11.3 Å². The van der Waals surface area contributed by atoms with Gasteiger partial charge in [0.15, 0.2) is 0 Å². The van der Waals surface area contributed by atoms with Gasteiger partial charge in [0, 0.05) is 6.54 Å². The maximum atomic E-state index is 11.5. The van der Waals surface area contributed by atoms with Crippen molar-refractivity contribution >= 4 is 5.91 Å². The molecule has 1 heterocycles. The molecule has 0 saturated carbocycles. The van der Waals surface area contributed by atoms with Gasteiger partial charge in [0.25, 0.3) is 5.91 Å². The number of nitrogens with zero attached hydrogens (tertiary/aromatic N) is 2. The van der Waals surface area contributed by atoms with Crippen LogP contribution in [0.1, 0.15) is 38.3 Å². The molecule has 1 amide bonds. The Morgan fingerprint density at radius 3 is 2.73 bits per heavy atom. The van der Waals surface area contributed by atoms with Gasteiger partial charge in [-0.25, -0.2) is 4.98 Å². The van der Waals surface area contributed by atoms with Gasteiger partial charge in [-0.3, -0.25) is 9.89 Å². The highest BCUT2D eigenvalue weighted by atomic mass is 16.2. The van der Waals surface area contributed by atoms with Gasteiger partial charge < -0.3 is 5.32 Å². The average Bonchev–Trinajstić information content (AvgIpc) is 2.64. The fraction of sp³-hybridized carbons (Fsp3) is 0.700. The molecule has 2 N–H and O–H groups in total. The minimum atomic E-state index is -0.205. The summed E-state index contributed by atoms with van der Waals surface area (Å²) in [6.07, 6.45) is 1.32. The molecule has 5 nitrogen and oxygen atoms in total. The van der Waals surface area contributed by atoms with Crippen molar-refractivity contribution in [2.24, 2.45) is 11.3 Å².